The van der Waals surface area contributed by atoms with Crippen molar-refractivity contribution in [1.82, 2.24) is 4.90 Å². The van der Waals surface area contributed by atoms with Gasteiger partial charge in [0.1, 0.15) is 6.61 Å². The van der Waals surface area contributed by atoms with Crippen LogP contribution in [-0.4, -0.2) is 23.2 Å². The highest BCUT2D eigenvalue weighted by atomic mass is 127. The van der Waals surface area contributed by atoms with Gasteiger partial charge in [-0.05, 0) is 87.5 Å². The van der Waals surface area contributed by atoms with Gasteiger partial charge in [0.15, 0.2) is 11.5 Å². The second-order valence-electron chi connectivity index (χ2n) is 7.36. The number of imide groups is 1. The molecule has 2 amide bonds. The number of nitrogens with zero attached hydrogens (tertiary/aromatic N) is 2. The molecule has 170 valence electrons. The first kappa shape index (κ1) is 23.9. The zero-order valence-electron chi connectivity index (χ0n) is 18.2. The molecule has 0 spiro atoms. The van der Waals surface area contributed by atoms with Crippen LogP contribution in [0.5, 0.6) is 11.5 Å². The van der Waals surface area contributed by atoms with E-state index in [4.69, 9.17) is 9.47 Å². The van der Waals surface area contributed by atoms with Crippen LogP contribution in [0, 0.1) is 14.9 Å². The molecule has 0 aliphatic carbocycles. The first-order chi connectivity index (χ1) is 16.5. The number of hydrogen-bond acceptors (Lipinski definition) is 6. The summed E-state index contributed by atoms with van der Waals surface area (Å²) in [5.41, 5.74) is 2.82. The lowest BCUT2D eigenvalue weighted by Gasteiger charge is -2.13. The minimum absolute atomic E-state index is 0.0559. The van der Waals surface area contributed by atoms with Crippen molar-refractivity contribution in [1.29, 1.82) is 5.26 Å². The van der Waals surface area contributed by atoms with Crippen LogP contribution < -0.4 is 9.47 Å². The lowest BCUT2D eigenvalue weighted by molar-refractivity contribution is -0.123. The quantitative estimate of drug-likeness (QED) is 0.252. The van der Waals surface area contributed by atoms with E-state index in [0.717, 1.165) is 25.8 Å². The van der Waals surface area contributed by atoms with Crippen LogP contribution in [0.3, 0.4) is 0 Å². The third-order valence-corrected chi connectivity index (χ3v) is 6.76. The van der Waals surface area contributed by atoms with E-state index in [2.05, 4.69) is 28.7 Å². The van der Waals surface area contributed by atoms with E-state index in [1.165, 1.54) is 0 Å². The zero-order valence-corrected chi connectivity index (χ0v) is 21.1. The molecular formula is C26H19IN2O4S. The monoisotopic (exact) mass is 582 g/mol. The molecule has 0 atom stereocenters. The average Bonchev–Trinajstić information content (AvgIpc) is 3.11. The first-order valence-corrected chi connectivity index (χ1v) is 12.2. The Kier molecular flexibility index (Phi) is 7.55. The standard InChI is InChI=1S/C26H19IN2O4S/c1-32-23-12-18(8-11-22(23)33-16-17-6-9-21(27)10-7-17)13-24-25(30)29(26(31)34-24)15-20-5-3-2-4-19(20)14-28/h2-13H,15-16H2,1H3/b24-13-. The van der Waals surface area contributed by atoms with Crippen molar-refractivity contribution in [3.63, 3.8) is 0 Å². The van der Waals surface area contributed by atoms with Gasteiger partial charge in [-0.3, -0.25) is 14.5 Å². The summed E-state index contributed by atoms with van der Waals surface area (Å²) in [5.74, 6) is 0.724. The Hall–Kier alpha value is -3.29. The van der Waals surface area contributed by atoms with Crippen LogP contribution in [0.15, 0.2) is 71.6 Å². The Morgan fingerprint density at radius 1 is 1.06 bits per heavy atom. The van der Waals surface area contributed by atoms with Gasteiger partial charge in [-0.2, -0.15) is 5.26 Å². The summed E-state index contributed by atoms with van der Waals surface area (Å²) in [4.78, 5) is 26.9. The molecule has 0 radical (unpaired) electrons. The third kappa shape index (κ3) is 5.43. The zero-order chi connectivity index (χ0) is 24.1. The smallest absolute Gasteiger partial charge is 0.293 e. The van der Waals surface area contributed by atoms with Gasteiger partial charge in [0.05, 0.1) is 30.2 Å². The van der Waals surface area contributed by atoms with Crippen molar-refractivity contribution in [3.05, 3.63) is 97.5 Å². The number of thioether (sulfide) groups is 1. The second-order valence-corrected chi connectivity index (χ2v) is 9.60. The van der Waals surface area contributed by atoms with Gasteiger partial charge in [-0.25, -0.2) is 0 Å². The molecule has 0 saturated carbocycles. The molecule has 3 aromatic rings. The normalized spacial score (nSPS) is 14.4. The van der Waals surface area contributed by atoms with E-state index >= 15 is 0 Å². The molecule has 0 unspecified atom stereocenters. The van der Waals surface area contributed by atoms with Gasteiger partial charge in [-0.1, -0.05) is 36.4 Å². The fourth-order valence-electron chi connectivity index (χ4n) is 3.36. The highest BCUT2D eigenvalue weighted by Gasteiger charge is 2.35. The predicted molar refractivity (Wildman–Crippen MR) is 139 cm³/mol. The number of ether oxygens (including phenoxy) is 2. The van der Waals surface area contributed by atoms with E-state index in [1.807, 2.05) is 30.3 Å². The van der Waals surface area contributed by atoms with Gasteiger partial charge in [-0.15, -0.1) is 0 Å². The summed E-state index contributed by atoms with van der Waals surface area (Å²) in [7, 11) is 1.55. The second kappa shape index (κ2) is 10.8. The van der Waals surface area contributed by atoms with Crippen LogP contribution in [0.2, 0.25) is 0 Å². The highest BCUT2D eigenvalue weighted by molar-refractivity contribution is 14.1. The summed E-state index contributed by atoms with van der Waals surface area (Å²) >= 11 is 3.13. The number of carbonyl (C=O) groups excluding carboxylic acids is 2. The van der Waals surface area contributed by atoms with Crippen LogP contribution in [0.25, 0.3) is 6.08 Å². The Morgan fingerprint density at radius 3 is 2.56 bits per heavy atom. The number of amides is 2. The molecule has 4 rings (SSSR count). The maximum absolute atomic E-state index is 12.9. The SMILES string of the molecule is COc1cc(/C=C2\SC(=O)N(Cc3ccccc3C#N)C2=O)ccc1OCc1ccc(I)cc1. The number of nitriles is 1. The number of halogens is 1. The molecule has 0 aromatic heterocycles. The summed E-state index contributed by atoms with van der Waals surface area (Å²) in [5, 5.41) is 8.91. The predicted octanol–water partition coefficient (Wildman–Crippen LogP) is 5.99. The minimum atomic E-state index is -0.388. The Balaban J connectivity index is 1.49. The lowest BCUT2D eigenvalue weighted by atomic mass is 10.1. The van der Waals surface area contributed by atoms with Crippen molar-refractivity contribution in [2.45, 2.75) is 13.2 Å². The fraction of sp³-hybridized carbons (Fsp3) is 0.115. The molecular weight excluding hydrogens is 563 g/mol. The van der Waals surface area contributed by atoms with Gasteiger partial charge in [0, 0.05) is 3.57 Å². The highest BCUT2D eigenvalue weighted by Crippen LogP contribution is 2.35. The number of methoxy groups -OCH3 is 1. The van der Waals surface area contributed by atoms with Crippen molar-refractivity contribution in [2.75, 3.05) is 7.11 Å². The molecule has 1 saturated heterocycles. The Labute approximate surface area is 215 Å². The fourth-order valence-corrected chi connectivity index (χ4v) is 4.56. The maximum Gasteiger partial charge on any atom is 0.293 e. The van der Waals surface area contributed by atoms with Crippen LogP contribution in [-0.2, 0) is 17.9 Å². The first-order valence-electron chi connectivity index (χ1n) is 10.3. The van der Waals surface area contributed by atoms with E-state index in [9.17, 15) is 14.9 Å². The van der Waals surface area contributed by atoms with Crippen LogP contribution in [0.4, 0.5) is 4.79 Å². The molecule has 1 heterocycles. The molecule has 1 aliphatic heterocycles. The molecule has 0 N–H and O–H groups in total. The topological polar surface area (TPSA) is 79.6 Å². The number of hydrogen-bond donors (Lipinski definition) is 0. The van der Waals surface area contributed by atoms with E-state index < -0.39 is 0 Å². The van der Waals surface area contributed by atoms with E-state index in [-0.39, 0.29) is 17.7 Å². The summed E-state index contributed by atoms with van der Waals surface area (Å²) < 4.78 is 12.5. The van der Waals surface area contributed by atoms with Crippen molar-refractivity contribution in [3.8, 4) is 17.6 Å². The van der Waals surface area contributed by atoms with E-state index in [0.29, 0.717) is 39.7 Å². The van der Waals surface area contributed by atoms with E-state index in [1.54, 1.807) is 49.6 Å². The Morgan fingerprint density at radius 2 is 1.82 bits per heavy atom. The summed E-state index contributed by atoms with van der Waals surface area (Å²) in [6.45, 7) is 0.454. The third-order valence-electron chi connectivity index (χ3n) is 5.13. The lowest BCUT2D eigenvalue weighted by Crippen LogP contribution is -2.27. The van der Waals surface area contributed by atoms with Crippen LogP contribution >= 0.6 is 34.4 Å². The van der Waals surface area contributed by atoms with Gasteiger partial charge < -0.3 is 9.47 Å². The number of benzene rings is 3. The molecule has 1 fully saturated rings. The van der Waals surface area contributed by atoms with Crippen LogP contribution in [0.1, 0.15) is 22.3 Å². The average molecular weight is 582 g/mol. The molecule has 3 aromatic carbocycles. The molecule has 0 bridgehead atoms. The summed E-state index contributed by atoms with van der Waals surface area (Å²) in [6.07, 6.45) is 1.66. The molecule has 6 nitrogen and oxygen atoms in total. The van der Waals surface area contributed by atoms with Crippen molar-refractivity contribution >= 4 is 51.6 Å². The molecule has 34 heavy (non-hydrogen) atoms. The largest absolute Gasteiger partial charge is 0.493 e. The number of carbonyl (C=O) groups is 2. The maximum atomic E-state index is 12.9. The van der Waals surface area contributed by atoms with Gasteiger partial charge in [0.2, 0.25) is 0 Å². The number of rotatable bonds is 7. The molecule has 1 aliphatic rings. The molecule has 8 heteroatoms. The van der Waals surface area contributed by atoms with Crippen molar-refractivity contribution in [2.24, 2.45) is 0 Å². The van der Waals surface area contributed by atoms with Gasteiger partial charge >= 0.3 is 0 Å². The Bertz CT molecular complexity index is 1320. The summed E-state index contributed by atoms with van der Waals surface area (Å²) in [6, 6.07) is 22.4. The van der Waals surface area contributed by atoms with Crippen molar-refractivity contribution < 1.29 is 19.1 Å². The van der Waals surface area contributed by atoms with Gasteiger partial charge in [0.25, 0.3) is 11.1 Å². The minimum Gasteiger partial charge on any atom is -0.493 e.